The Bertz CT molecular complexity index is 238. The maximum atomic E-state index is 11.7. The summed E-state index contributed by atoms with van der Waals surface area (Å²) in [5.74, 6) is 2.64. The molecule has 1 unspecified atom stereocenters. The van der Waals surface area contributed by atoms with Gasteiger partial charge in [0, 0.05) is 17.2 Å². The van der Waals surface area contributed by atoms with Crippen molar-refractivity contribution in [3.63, 3.8) is 0 Å². The number of halogens is 1. The van der Waals surface area contributed by atoms with Gasteiger partial charge in [-0.05, 0) is 37.5 Å². The molecule has 0 amide bonds. The molecule has 0 heterocycles. The quantitative estimate of drug-likeness (QED) is 0.528. The van der Waals surface area contributed by atoms with Crippen LogP contribution in [0.3, 0.4) is 0 Å². The number of carbonyl (C=O) groups is 1. The molecule has 0 aromatic rings. The first-order valence-corrected chi connectivity index (χ1v) is 5.37. The van der Waals surface area contributed by atoms with Gasteiger partial charge in [0.2, 0.25) is 0 Å². The highest BCUT2D eigenvalue weighted by Crippen LogP contribution is 2.53. The van der Waals surface area contributed by atoms with Gasteiger partial charge in [-0.15, -0.1) is 11.6 Å². The lowest BCUT2D eigenvalue weighted by atomic mass is 9.55. The summed E-state index contributed by atoms with van der Waals surface area (Å²) in [5, 5.41) is 0.185. The van der Waals surface area contributed by atoms with Crippen molar-refractivity contribution in [3.8, 4) is 0 Å². The molecular weight excluding hydrogens is 172 g/mol. The van der Waals surface area contributed by atoms with Crippen LogP contribution in [0.15, 0.2) is 0 Å². The highest BCUT2D eigenvalue weighted by Gasteiger charge is 2.52. The van der Waals surface area contributed by atoms with E-state index in [0.29, 0.717) is 17.6 Å². The van der Waals surface area contributed by atoms with Crippen molar-refractivity contribution < 1.29 is 4.79 Å². The van der Waals surface area contributed by atoms with Crippen LogP contribution in [0.5, 0.6) is 0 Å². The van der Waals surface area contributed by atoms with Crippen LogP contribution in [0, 0.1) is 23.7 Å². The van der Waals surface area contributed by atoms with Gasteiger partial charge in [0.15, 0.2) is 0 Å². The van der Waals surface area contributed by atoms with Crippen LogP contribution in [0.2, 0.25) is 0 Å². The molecule has 0 aromatic heterocycles. The standard InChI is InChI=1S/C10H13ClO/c11-9-6-1-5-2-7(4-6)10(12)8(9)3-5/h5-9H,1-4H2/t5?,6-,7+,8-,9+/m0/s1. The summed E-state index contributed by atoms with van der Waals surface area (Å²) in [5.41, 5.74) is 0. The summed E-state index contributed by atoms with van der Waals surface area (Å²) < 4.78 is 0. The van der Waals surface area contributed by atoms with Crippen molar-refractivity contribution in [1.29, 1.82) is 0 Å². The number of rotatable bonds is 0. The Morgan fingerprint density at radius 2 is 2.00 bits per heavy atom. The topological polar surface area (TPSA) is 17.1 Å². The maximum Gasteiger partial charge on any atom is 0.140 e. The van der Waals surface area contributed by atoms with Gasteiger partial charge in [-0.1, -0.05) is 0 Å². The van der Waals surface area contributed by atoms with Gasteiger partial charge in [-0.3, -0.25) is 4.79 Å². The van der Waals surface area contributed by atoms with E-state index in [9.17, 15) is 4.79 Å². The third-order valence-electron chi connectivity index (χ3n) is 4.03. The number of alkyl halides is 1. The van der Waals surface area contributed by atoms with Gasteiger partial charge in [-0.2, -0.15) is 0 Å². The van der Waals surface area contributed by atoms with E-state index in [-0.39, 0.29) is 11.3 Å². The second-order valence-electron chi connectivity index (χ2n) is 4.72. The fraction of sp³-hybridized carbons (Fsp3) is 0.900. The fourth-order valence-corrected chi connectivity index (χ4v) is 4.00. The minimum Gasteiger partial charge on any atom is -0.299 e. The van der Waals surface area contributed by atoms with E-state index in [1.54, 1.807) is 0 Å². The Morgan fingerprint density at radius 1 is 1.17 bits per heavy atom. The predicted octanol–water partition coefficient (Wildman–Crippen LogP) is 2.23. The first-order valence-electron chi connectivity index (χ1n) is 4.93. The summed E-state index contributed by atoms with van der Waals surface area (Å²) in [4.78, 5) is 11.7. The van der Waals surface area contributed by atoms with Gasteiger partial charge in [0.1, 0.15) is 5.78 Å². The summed E-state index contributed by atoms with van der Waals surface area (Å²) >= 11 is 6.24. The highest BCUT2D eigenvalue weighted by molar-refractivity contribution is 6.23. The van der Waals surface area contributed by atoms with E-state index in [4.69, 9.17) is 11.6 Å². The number of hydrogen-bond donors (Lipinski definition) is 0. The highest BCUT2D eigenvalue weighted by atomic mass is 35.5. The van der Waals surface area contributed by atoms with E-state index >= 15 is 0 Å². The lowest BCUT2D eigenvalue weighted by molar-refractivity contribution is -0.139. The molecular formula is C10H13ClO. The van der Waals surface area contributed by atoms with Gasteiger partial charge in [0.25, 0.3) is 0 Å². The second-order valence-corrected chi connectivity index (χ2v) is 5.22. The molecule has 2 heteroatoms. The zero-order valence-corrected chi connectivity index (χ0v) is 7.76. The average molecular weight is 185 g/mol. The van der Waals surface area contributed by atoms with E-state index in [0.717, 1.165) is 18.8 Å². The van der Waals surface area contributed by atoms with E-state index < -0.39 is 0 Å². The van der Waals surface area contributed by atoms with E-state index in [2.05, 4.69) is 0 Å². The maximum absolute atomic E-state index is 11.7. The molecule has 4 aliphatic carbocycles. The molecule has 12 heavy (non-hydrogen) atoms. The molecule has 66 valence electrons. The van der Waals surface area contributed by atoms with E-state index in [1.165, 1.54) is 12.8 Å². The molecule has 0 radical (unpaired) electrons. The minimum atomic E-state index is 0.185. The molecule has 4 aliphatic rings. The predicted molar refractivity (Wildman–Crippen MR) is 47.1 cm³/mol. The van der Waals surface area contributed by atoms with Crippen molar-refractivity contribution in [1.82, 2.24) is 0 Å². The number of hydrogen-bond acceptors (Lipinski definition) is 1. The van der Waals surface area contributed by atoms with Crippen molar-refractivity contribution >= 4 is 17.4 Å². The van der Waals surface area contributed by atoms with Crippen molar-refractivity contribution in [2.45, 2.75) is 31.1 Å². The van der Waals surface area contributed by atoms with Gasteiger partial charge in [0.05, 0.1) is 0 Å². The van der Waals surface area contributed by atoms with Crippen LogP contribution < -0.4 is 0 Å². The SMILES string of the molecule is O=C1[C@@H]2CC3C[C@@H](C2)[C@@H](Cl)[C@@H]1C3. The fourth-order valence-electron chi connectivity index (χ4n) is 3.56. The van der Waals surface area contributed by atoms with Crippen molar-refractivity contribution in [3.05, 3.63) is 0 Å². The zero-order chi connectivity index (χ0) is 8.29. The van der Waals surface area contributed by atoms with Crippen molar-refractivity contribution in [2.75, 3.05) is 0 Å². The van der Waals surface area contributed by atoms with Gasteiger partial charge >= 0.3 is 0 Å². The Labute approximate surface area is 77.5 Å². The molecule has 0 spiro atoms. The molecule has 4 saturated carbocycles. The number of Topliss-reactive ketones (excluding diaryl/α,β-unsaturated/α-hetero) is 1. The summed E-state index contributed by atoms with van der Waals surface area (Å²) in [6, 6.07) is 0. The smallest absolute Gasteiger partial charge is 0.140 e. The van der Waals surface area contributed by atoms with Crippen LogP contribution >= 0.6 is 11.6 Å². The zero-order valence-electron chi connectivity index (χ0n) is 7.00. The molecule has 4 bridgehead atoms. The molecule has 1 nitrogen and oxygen atoms in total. The van der Waals surface area contributed by atoms with Crippen molar-refractivity contribution in [2.24, 2.45) is 23.7 Å². The molecule has 0 saturated heterocycles. The van der Waals surface area contributed by atoms with Crippen LogP contribution in [0.25, 0.3) is 0 Å². The largest absolute Gasteiger partial charge is 0.299 e. The minimum absolute atomic E-state index is 0.185. The summed E-state index contributed by atoms with van der Waals surface area (Å²) in [7, 11) is 0. The Balaban J connectivity index is 1.98. The third-order valence-corrected chi connectivity index (χ3v) is 4.69. The van der Waals surface area contributed by atoms with Gasteiger partial charge < -0.3 is 0 Å². The Kier molecular flexibility index (Phi) is 1.39. The average Bonchev–Trinajstić information content (AvgIpc) is 2.07. The lowest BCUT2D eigenvalue weighted by Gasteiger charge is -2.51. The molecule has 0 N–H and O–H groups in total. The third kappa shape index (κ3) is 0.783. The van der Waals surface area contributed by atoms with Crippen LogP contribution in [0.4, 0.5) is 0 Å². The number of ketones is 1. The Hall–Kier alpha value is -0.0400. The summed E-state index contributed by atoms with van der Waals surface area (Å²) in [6.45, 7) is 0. The van der Waals surface area contributed by atoms with Crippen LogP contribution in [-0.4, -0.2) is 11.2 Å². The normalized spacial score (nSPS) is 56.4. The molecule has 0 aromatic carbocycles. The molecule has 5 atom stereocenters. The number of carbonyl (C=O) groups excluding carboxylic acids is 1. The first kappa shape index (κ1) is 7.37. The molecule has 4 rings (SSSR count). The lowest BCUT2D eigenvalue weighted by Crippen LogP contribution is -2.51. The first-order chi connectivity index (χ1) is 5.75. The Morgan fingerprint density at radius 3 is 2.83 bits per heavy atom. The molecule has 0 aliphatic heterocycles. The van der Waals surface area contributed by atoms with Crippen LogP contribution in [0.1, 0.15) is 25.7 Å². The van der Waals surface area contributed by atoms with E-state index in [1.807, 2.05) is 0 Å². The molecule has 4 fully saturated rings. The van der Waals surface area contributed by atoms with Gasteiger partial charge in [-0.25, -0.2) is 0 Å². The monoisotopic (exact) mass is 184 g/mol. The second kappa shape index (κ2) is 2.25. The van der Waals surface area contributed by atoms with Crippen LogP contribution in [-0.2, 0) is 4.79 Å². The summed E-state index contributed by atoms with van der Waals surface area (Å²) in [6.07, 6.45) is 4.67.